The Balaban J connectivity index is 0.000000134. The van der Waals surface area contributed by atoms with E-state index in [4.69, 9.17) is 0 Å². The first-order chi connectivity index (χ1) is 35.8. The van der Waals surface area contributed by atoms with Gasteiger partial charge in [0.2, 0.25) is 0 Å². The van der Waals surface area contributed by atoms with Crippen molar-refractivity contribution in [3.8, 4) is 0 Å². The Labute approximate surface area is 448 Å². The molecule has 0 spiro atoms. The van der Waals surface area contributed by atoms with E-state index in [9.17, 15) is 0 Å². The van der Waals surface area contributed by atoms with Gasteiger partial charge in [0, 0.05) is 0 Å². The molecule has 0 nitrogen and oxygen atoms in total. The van der Waals surface area contributed by atoms with Gasteiger partial charge in [0.05, 0.1) is 0 Å². The van der Waals surface area contributed by atoms with Gasteiger partial charge in [-0.15, -0.1) is 0 Å². The fourth-order valence-corrected chi connectivity index (χ4v) is 13.1. The van der Waals surface area contributed by atoms with Gasteiger partial charge in [-0.1, -0.05) is 378 Å². The quantitative estimate of drug-likeness (QED) is 0.0845. The molecule has 0 saturated heterocycles. The largest absolute Gasteiger partial charge is 3.00 e. The molecule has 0 bridgehead atoms. The molecule has 0 N–H and O–H groups in total. The third-order valence-electron chi connectivity index (χ3n) is 16.1. The van der Waals surface area contributed by atoms with Crippen molar-refractivity contribution in [2.45, 2.75) is 93.3 Å². The van der Waals surface area contributed by atoms with Crippen LogP contribution >= 0.6 is 0 Å². The van der Waals surface area contributed by atoms with Crippen molar-refractivity contribution in [1.29, 1.82) is 0 Å². The molecule has 0 amide bonds. The van der Waals surface area contributed by atoms with E-state index >= 15 is 0 Å². The van der Waals surface area contributed by atoms with Gasteiger partial charge in [0.15, 0.2) is 0 Å². The summed E-state index contributed by atoms with van der Waals surface area (Å²) in [5.41, 5.74) is 12.1. The number of hydrogen-bond donors (Lipinski definition) is 0. The van der Waals surface area contributed by atoms with Crippen LogP contribution in [0.25, 0.3) is 0 Å². The van der Waals surface area contributed by atoms with Gasteiger partial charge in [0.1, 0.15) is 0 Å². The summed E-state index contributed by atoms with van der Waals surface area (Å²) in [5, 5.41) is 0. The third kappa shape index (κ3) is 10.5. The summed E-state index contributed by atoms with van der Waals surface area (Å²) in [5.74, 6) is 4.98. The molecule has 0 atom stereocenters. The van der Waals surface area contributed by atoms with Crippen LogP contribution in [-0.4, -0.2) is 0 Å². The van der Waals surface area contributed by atoms with Crippen LogP contribution in [-0.2, 0) is 33.6 Å². The maximum Gasteiger partial charge on any atom is 3.00 e. The van der Waals surface area contributed by atoms with Crippen molar-refractivity contribution < 1.29 is 17.4 Å². The monoisotopic (exact) mass is 985 g/mol. The standard InChI is InChI=1S/3C24H23.Cr/c3*1-4-12-20(13-5-1)24(23-18-10-11-19-23,21-14-6-2-7-15-21)22-16-8-3-9-17-22;/h3*1-9,12-17H,10-11,18-19H2;/q3*-1;+3. The molecule has 0 unspecified atom stereocenters. The predicted molar refractivity (Wildman–Crippen MR) is 303 cm³/mol. The van der Waals surface area contributed by atoms with E-state index in [1.165, 1.54) is 127 Å². The summed E-state index contributed by atoms with van der Waals surface area (Å²) in [4.78, 5) is 0. The average Bonchev–Trinajstić information content (AvgIpc) is 4.33. The van der Waals surface area contributed by atoms with Gasteiger partial charge in [-0.2, -0.15) is 38.5 Å². The molecule has 1 heteroatoms. The first-order valence-electron chi connectivity index (χ1n) is 26.8. The van der Waals surface area contributed by atoms with Crippen LogP contribution < -0.4 is 0 Å². The first kappa shape index (κ1) is 51.4. The van der Waals surface area contributed by atoms with E-state index in [2.05, 4.69) is 273 Å². The second kappa shape index (κ2) is 25.0. The molecule has 9 aromatic rings. The van der Waals surface area contributed by atoms with Gasteiger partial charge in [-0.25, -0.2) is 0 Å². The van der Waals surface area contributed by atoms with E-state index < -0.39 is 0 Å². The van der Waals surface area contributed by atoms with E-state index in [1.54, 1.807) is 17.8 Å². The molecule has 1 radical (unpaired) electrons. The zero-order chi connectivity index (χ0) is 48.7. The Bertz CT molecular complexity index is 2310. The Morgan fingerprint density at radius 2 is 0.288 bits per heavy atom. The zero-order valence-electron chi connectivity index (χ0n) is 42.4. The molecule has 3 aliphatic rings. The molecule has 0 heterocycles. The fourth-order valence-electron chi connectivity index (χ4n) is 13.1. The molecule has 3 aliphatic carbocycles. The maximum atomic E-state index is 2.30. The first-order valence-corrected chi connectivity index (χ1v) is 26.8. The Hall–Kier alpha value is -6.49. The molecular weight excluding hydrogens is 917 g/mol. The molecule has 9 aromatic carbocycles. The van der Waals surface area contributed by atoms with Gasteiger partial charge in [0.25, 0.3) is 0 Å². The summed E-state index contributed by atoms with van der Waals surface area (Å²) in [6, 6.07) is 99.5. The average molecular weight is 986 g/mol. The second-order valence-electron chi connectivity index (χ2n) is 20.0. The van der Waals surface area contributed by atoms with Crippen LogP contribution in [0.1, 0.15) is 127 Å². The van der Waals surface area contributed by atoms with Crippen molar-refractivity contribution in [1.82, 2.24) is 0 Å². The van der Waals surface area contributed by atoms with E-state index in [0.29, 0.717) is 0 Å². The van der Waals surface area contributed by atoms with Crippen LogP contribution in [0.3, 0.4) is 0 Å². The SMILES string of the molecule is [Cr+3].c1ccc(C(c2ccccc2)(c2ccccc2)[C-]2CCCC2)cc1.c1ccc(C(c2ccccc2)(c2ccccc2)[C-]2CCCC2)cc1.c1ccc(C(c2ccccc2)(c2ccccc2)[C-]2CCCC2)cc1. The summed E-state index contributed by atoms with van der Waals surface area (Å²) >= 11 is 0. The van der Waals surface area contributed by atoms with Crippen LogP contribution in [0, 0.1) is 17.8 Å². The smallest absolute Gasteiger partial charge is 0.295 e. The van der Waals surface area contributed by atoms with Gasteiger partial charge in [-0.05, 0) is 0 Å². The van der Waals surface area contributed by atoms with E-state index in [1.807, 2.05) is 0 Å². The molecular formula is C72H69Cr. The van der Waals surface area contributed by atoms with Crippen LogP contribution in [0.4, 0.5) is 0 Å². The van der Waals surface area contributed by atoms with Crippen LogP contribution in [0.2, 0.25) is 0 Å². The molecule has 3 saturated carbocycles. The summed E-state index contributed by atoms with van der Waals surface area (Å²) in [7, 11) is 0. The molecule has 363 valence electrons. The summed E-state index contributed by atoms with van der Waals surface area (Å²) in [6.07, 6.45) is 15.2. The normalized spacial score (nSPS) is 15.3. The van der Waals surface area contributed by atoms with Crippen LogP contribution in [0.15, 0.2) is 273 Å². The Kier molecular flexibility index (Phi) is 17.6. The molecule has 73 heavy (non-hydrogen) atoms. The van der Waals surface area contributed by atoms with Crippen molar-refractivity contribution in [3.05, 3.63) is 341 Å². The third-order valence-corrected chi connectivity index (χ3v) is 16.1. The Morgan fingerprint density at radius 3 is 0.397 bits per heavy atom. The predicted octanol–water partition coefficient (Wildman–Crippen LogP) is 18.5. The number of rotatable bonds is 12. The minimum Gasteiger partial charge on any atom is -0.295 e. The summed E-state index contributed by atoms with van der Waals surface area (Å²) in [6.45, 7) is 0. The van der Waals surface area contributed by atoms with Crippen molar-refractivity contribution in [2.24, 2.45) is 0 Å². The molecule has 3 fully saturated rings. The van der Waals surface area contributed by atoms with Crippen molar-refractivity contribution in [3.63, 3.8) is 0 Å². The van der Waals surface area contributed by atoms with Gasteiger partial charge in [-0.3, -0.25) is 17.8 Å². The second-order valence-corrected chi connectivity index (χ2v) is 20.0. The van der Waals surface area contributed by atoms with E-state index in [0.717, 1.165) is 0 Å². The van der Waals surface area contributed by atoms with Gasteiger partial charge >= 0.3 is 17.4 Å². The van der Waals surface area contributed by atoms with Gasteiger partial charge < -0.3 is 0 Å². The Morgan fingerprint density at radius 1 is 0.178 bits per heavy atom. The van der Waals surface area contributed by atoms with E-state index in [-0.39, 0.29) is 33.6 Å². The minimum atomic E-state index is -0.125. The molecule has 0 aliphatic heterocycles. The number of benzene rings is 9. The van der Waals surface area contributed by atoms with Crippen molar-refractivity contribution >= 4 is 0 Å². The summed E-state index contributed by atoms with van der Waals surface area (Å²) < 4.78 is 0. The van der Waals surface area contributed by atoms with Crippen molar-refractivity contribution in [2.75, 3.05) is 0 Å². The number of hydrogen-bond acceptors (Lipinski definition) is 0. The maximum absolute atomic E-state index is 2.30. The minimum absolute atomic E-state index is 0. The zero-order valence-corrected chi connectivity index (χ0v) is 43.6. The fraction of sp³-hybridized carbons (Fsp3) is 0.208. The van der Waals surface area contributed by atoms with Crippen LogP contribution in [0.5, 0.6) is 0 Å². The topological polar surface area (TPSA) is 0 Å². The molecule has 0 aromatic heterocycles. The molecule has 12 rings (SSSR count).